The number of hydrogen-bond donors (Lipinski definition) is 1. The van der Waals surface area contributed by atoms with Gasteiger partial charge in [0.2, 0.25) is 5.95 Å². The van der Waals surface area contributed by atoms with Crippen molar-refractivity contribution < 1.29 is 0 Å². The van der Waals surface area contributed by atoms with Crippen LogP contribution in [0.5, 0.6) is 0 Å². The van der Waals surface area contributed by atoms with E-state index in [0.29, 0.717) is 22.4 Å². The Morgan fingerprint density at radius 2 is 1.68 bits per heavy atom. The van der Waals surface area contributed by atoms with Crippen molar-refractivity contribution in [2.24, 2.45) is 21.1 Å². The van der Waals surface area contributed by atoms with Gasteiger partial charge in [0.15, 0.2) is 11.2 Å². The lowest BCUT2D eigenvalue weighted by Crippen LogP contribution is -2.37. The second kappa shape index (κ2) is 6.38. The van der Waals surface area contributed by atoms with Crippen LogP contribution in [0.2, 0.25) is 5.02 Å². The first kappa shape index (κ1) is 18.1. The van der Waals surface area contributed by atoms with Gasteiger partial charge in [-0.25, -0.2) is 14.5 Å². The first-order chi connectivity index (χ1) is 13.3. The van der Waals surface area contributed by atoms with Crippen molar-refractivity contribution in [3.63, 3.8) is 0 Å². The molecule has 9 nitrogen and oxygen atoms in total. The molecule has 1 N–H and O–H groups in total. The number of rotatable bonds is 3. The number of aromatic nitrogens is 6. The van der Waals surface area contributed by atoms with Gasteiger partial charge in [-0.2, -0.15) is 5.10 Å². The minimum absolute atomic E-state index is 0.212. The summed E-state index contributed by atoms with van der Waals surface area (Å²) in [5.74, 6) is 1.09. The van der Waals surface area contributed by atoms with Crippen LogP contribution >= 0.6 is 11.6 Å². The molecule has 0 saturated heterocycles. The second-order valence-electron chi connectivity index (χ2n) is 6.56. The third-order valence-electron chi connectivity index (χ3n) is 4.61. The zero-order valence-corrected chi connectivity index (χ0v) is 16.5. The molecule has 3 heterocycles. The third-order valence-corrected chi connectivity index (χ3v) is 4.86. The van der Waals surface area contributed by atoms with Crippen LogP contribution in [0.4, 0.5) is 11.8 Å². The predicted octanol–water partition coefficient (Wildman–Crippen LogP) is 1.86. The molecule has 28 heavy (non-hydrogen) atoms. The lowest BCUT2D eigenvalue weighted by atomic mass is 10.3. The third kappa shape index (κ3) is 2.71. The van der Waals surface area contributed by atoms with Crippen molar-refractivity contribution in [1.29, 1.82) is 0 Å². The van der Waals surface area contributed by atoms with Gasteiger partial charge in [0.1, 0.15) is 5.82 Å². The molecule has 4 rings (SSSR count). The van der Waals surface area contributed by atoms with Gasteiger partial charge in [-0.05, 0) is 31.2 Å². The molecular weight excluding hydrogens is 382 g/mol. The Morgan fingerprint density at radius 3 is 2.36 bits per heavy atom. The van der Waals surface area contributed by atoms with Crippen molar-refractivity contribution in [1.82, 2.24) is 28.5 Å². The molecule has 0 spiro atoms. The maximum absolute atomic E-state index is 12.5. The summed E-state index contributed by atoms with van der Waals surface area (Å²) in [5, 5.41) is 8.35. The summed E-state index contributed by atoms with van der Waals surface area (Å²) in [6.07, 6.45) is 0. The number of halogens is 1. The standard InChI is InChI=1S/C18H18ClN7O2/c1-10-9-13(26(22-10)12-7-5-11(19)6-8-12)20-17-21-14-15(23(17)2)24(3)18(28)25(4)16(14)27/h5-9H,1-4H3,(H,20,21). The van der Waals surface area contributed by atoms with Crippen molar-refractivity contribution in [3.05, 3.63) is 61.9 Å². The molecule has 0 amide bonds. The Morgan fingerprint density at radius 1 is 1.00 bits per heavy atom. The summed E-state index contributed by atoms with van der Waals surface area (Å²) in [5.41, 5.74) is 1.42. The minimum Gasteiger partial charge on any atom is -0.310 e. The molecule has 4 aromatic rings. The van der Waals surface area contributed by atoms with E-state index >= 15 is 0 Å². The van der Waals surface area contributed by atoms with Crippen LogP contribution < -0.4 is 16.6 Å². The highest BCUT2D eigenvalue weighted by atomic mass is 35.5. The Balaban J connectivity index is 1.86. The summed E-state index contributed by atoms with van der Waals surface area (Å²) < 4.78 is 5.84. The first-order valence-electron chi connectivity index (χ1n) is 8.50. The van der Waals surface area contributed by atoms with E-state index in [-0.39, 0.29) is 5.52 Å². The maximum atomic E-state index is 12.5. The fourth-order valence-electron chi connectivity index (χ4n) is 3.17. The van der Waals surface area contributed by atoms with Gasteiger partial charge in [0.25, 0.3) is 5.56 Å². The van der Waals surface area contributed by atoms with E-state index in [4.69, 9.17) is 11.6 Å². The van der Waals surface area contributed by atoms with Gasteiger partial charge in [-0.1, -0.05) is 11.6 Å². The molecule has 0 aliphatic carbocycles. The maximum Gasteiger partial charge on any atom is 0.332 e. The van der Waals surface area contributed by atoms with Crippen molar-refractivity contribution in [2.45, 2.75) is 6.92 Å². The number of fused-ring (bicyclic) bond motifs is 1. The first-order valence-corrected chi connectivity index (χ1v) is 8.88. The largest absolute Gasteiger partial charge is 0.332 e. The quantitative estimate of drug-likeness (QED) is 0.567. The summed E-state index contributed by atoms with van der Waals surface area (Å²) in [6.45, 7) is 1.88. The lowest BCUT2D eigenvalue weighted by molar-refractivity contribution is 0.698. The van der Waals surface area contributed by atoms with Gasteiger partial charge >= 0.3 is 5.69 Å². The fraction of sp³-hybridized carbons (Fsp3) is 0.222. The van der Waals surface area contributed by atoms with E-state index < -0.39 is 11.2 Å². The SMILES string of the molecule is Cc1cc(Nc2nc3c(=O)n(C)c(=O)n(C)c3n2C)n(-c2ccc(Cl)cc2)n1. The second-order valence-corrected chi connectivity index (χ2v) is 6.99. The van der Waals surface area contributed by atoms with Crippen molar-refractivity contribution in [3.8, 4) is 5.69 Å². The molecule has 0 unspecified atom stereocenters. The highest BCUT2D eigenvalue weighted by Gasteiger charge is 2.18. The predicted molar refractivity (Wildman–Crippen MR) is 108 cm³/mol. The van der Waals surface area contributed by atoms with E-state index in [1.54, 1.807) is 35.5 Å². The van der Waals surface area contributed by atoms with Crippen LogP contribution in [-0.4, -0.2) is 28.5 Å². The van der Waals surface area contributed by atoms with Crippen LogP contribution in [0, 0.1) is 6.92 Å². The molecule has 144 valence electrons. The van der Waals surface area contributed by atoms with Crippen LogP contribution in [-0.2, 0) is 21.1 Å². The van der Waals surface area contributed by atoms with E-state index in [2.05, 4.69) is 15.4 Å². The average molecular weight is 400 g/mol. The highest BCUT2D eigenvalue weighted by Crippen LogP contribution is 2.23. The van der Waals surface area contributed by atoms with Gasteiger partial charge in [-0.15, -0.1) is 0 Å². The Labute approximate surface area is 164 Å². The summed E-state index contributed by atoms with van der Waals surface area (Å²) in [6, 6.07) is 9.15. The summed E-state index contributed by atoms with van der Waals surface area (Å²) in [7, 11) is 4.79. The molecule has 0 aliphatic heterocycles. The highest BCUT2D eigenvalue weighted by molar-refractivity contribution is 6.30. The molecule has 3 aromatic heterocycles. The number of imidazole rings is 1. The number of nitrogens with one attached hydrogen (secondary N) is 1. The minimum atomic E-state index is -0.441. The van der Waals surface area contributed by atoms with E-state index in [1.807, 2.05) is 25.1 Å². The van der Waals surface area contributed by atoms with Crippen molar-refractivity contribution in [2.75, 3.05) is 5.32 Å². The van der Waals surface area contributed by atoms with Gasteiger partial charge in [-0.3, -0.25) is 18.5 Å². The Kier molecular flexibility index (Phi) is 4.11. The van der Waals surface area contributed by atoms with Gasteiger partial charge < -0.3 is 5.32 Å². The number of anilines is 2. The van der Waals surface area contributed by atoms with E-state index in [9.17, 15) is 9.59 Å². The zero-order chi connectivity index (χ0) is 20.2. The number of hydrogen-bond acceptors (Lipinski definition) is 5. The van der Waals surface area contributed by atoms with Crippen molar-refractivity contribution >= 4 is 34.5 Å². The van der Waals surface area contributed by atoms with Crippen LogP contribution in [0.15, 0.2) is 39.9 Å². The Hall–Kier alpha value is -3.33. The van der Waals surface area contributed by atoms with Gasteiger partial charge in [0.05, 0.1) is 11.4 Å². The molecule has 0 saturated carbocycles. The topological polar surface area (TPSA) is 91.7 Å². The zero-order valence-electron chi connectivity index (χ0n) is 15.8. The molecule has 0 bridgehead atoms. The number of benzene rings is 1. The molecule has 0 radical (unpaired) electrons. The smallest absolute Gasteiger partial charge is 0.310 e. The van der Waals surface area contributed by atoms with Gasteiger partial charge in [0, 0.05) is 32.2 Å². The monoisotopic (exact) mass is 399 g/mol. The molecule has 0 fully saturated rings. The molecule has 0 aliphatic rings. The molecule has 0 atom stereocenters. The Bertz CT molecular complexity index is 1330. The number of nitrogens with zero attached hydrogens (tertiary/aromatic N) is 6. The molecule has 10 heteroatoms. The lowest BCUT2D eigenvalue weighted by Gasteiger charge is -2.10. The summed E-state index contributed by atoms with van der Waals surface area (Å²) >= 11 is 5.98. The number of aryl methyl sites for hydroxylation is 3. The van der Waals surface area contributed by atoms with E-state index in [1.165, 1.54) is 11.6 Å². The van der Waals surface area contributed by atoms with Crippen LogP contribution in [0.3, 0.4) is 0 Å². The van der Waals surface area contributed by atoms with E-state index in [0.717, 1.165) is 15.9 Å². The van der Waals surface area contributed by atoms with Crippen LogP contribution in [0.25, 0.3) is 16.9 Å². The molecular formula is C18H18ClN7O2. The normalized spacial score (nSPS) is 11.3. The fourth-order valence-corrected chi connectivity index (χ4v) is 3.30. The molecule has 1 aromatic carbocycles. The average Bonchev–Trinajstić information content (AvgIpc) is 3.19. The van der Waals surface area contributed by atoms with Crippen LogP contribution in [0.1, 0.15) is 5.69 Å². The summed E-state index contributed by atoms with van der Waals surface area (Å²) in [4.78, 5) is 29.1.